The lowest BCUT2D eigenvalue weighted by atomic mass is 9.98. The van der Waals surface area contributed by atoms with Crippen LogP contribution in [0.2, 0.25) is 0 Å². The first kappa shape index (κ1) is 15.0. The second kappa shape index (κ2) is 5.83. The van der Waals surface area contributed by atoms with Crippen molar-refractivity contribution in [2.24, 2.45) is 5.92 Å². The van der Waals surface area contributed by atoms with Gasteiger partial charge in [0.05, 0.1) is 36.6 Å². The van der Waals surface area contributed by atoms with E-state index in [1.165, 1.54) is 25.1 Å². The van der Waals surface area contributed by atoms with Gasteiger partial charge in [-0.2, -0.15) is 0 Å². The number of carbonyl (C=O) groups excluding carboxylic acids is 1. The summed E-state index contributed by atoms with van der Waals surface area (Å²) in [6.45, 7) is 2.53. The minimum Gasteiger partial charge on any atom is -0.375 e. The molecule has 2 saturated heterocycles. The van der Waals surface area contributed by atoms with Crippen LogP contribution in [0.15, 0.2) is 18.5 Å². The normalized spacial score (nSPS) is 30.3. The molecule has 2 atom stereocenters. The molecule has 1 aromatic heterocycles. The summed E-state index contributed by atoms with van der Waals surface area (Å²) in [5.74, 6) is -0.118. The third kappa shape index (κ3) is 3.10. The fourth-order valence-electron chi connectivity index (χ4n) is 3.49. The second-order valence-electron chi connectivity index (χ2n) is 6.93. The number of nitrogens with zero attached hydrogens (tertiary/aromatic N) is 2. The molecule has 0 radical (unpaired) electrons. The molecule has 0 unspecified atom stereocenters. The molecule has 3 heterocycles. The van der Waals surface area contributed by atoms with E-state index in [-0.39, 0.29) is 23.2 Å². The zero-order valence-corrected chi connectivity index (χ0v) is 13.0. The number of halogens is 1. The van der Waals surface area contributed by atoms with E-state index in [0.717, 1.165) is 31.6 Å². The van der Waals surface area contributed by atoms with Gasteiger partial charge in [-0.25, -0.2) is 4.39 Å². The highest BCUT2D eigenvalue weighted by Crippen LogP contribution is 2.38. The zero-order valence-electron chi connectivity index (χ0n) is 13.0. The van der Waals surface area contributed by atoms with Gasteiger partial charge in [-0.15, -0.1) is 0 Å². The largest absolute Gasteiger partial charge is 0.375 e. The molecule has 124 valence electrons. The summed E-state index contributed by atoms with van der Waals surface area (Å²) in [6.07, 6.45) is 6.81. The minimum absolute atomic E-state index is 0.0802. The van der Waals surface area contributed by atoms with Crippen molar-refractivity contribution in [3.63, 3.8) is 0 Å². The Labute approximate surface area is 134 Å². The van der Waals surface area contributed by atoms with Crippen molar-refractivity contribution >= 4 is 5.91 Å². The maximum Gasteiger partial charge on any atom is 0.257 e. The van der Waals surface area contributed by atoms with Crippen molar-refractivity contribution in [3.05, 3.63) is 29.8 Å². The van der Waals surface area contributed by atoms with E-state index in [1.54, 1.807) is 4.90 Å². The van der Waals surface area contributed by atoms with Crippen molar-refractivity contribution in [1.82, 2.24) is 9.88 Å². The molecular weight excluding hydrogens is 299 g/mol. The summed E-state index contributed by atoms with van der Waals surface area (Å²) in [5.41, 5.74) is -0.232. The van der Waals surface area contributed by atoms with Crippen LogP contribution < -0.4 is 0 Å². The highest BCUT2D eigenvalue weighted by Gasteiger charge is 2.47. The Bertz CT molecular complexity index is 607. The van der Waals surface area contributed by atoms with E-state index >= 15 is 0 Å². The number of pyridine rings is 1. The lowest BCUT2D eigenvalue weighted by molar-refractivity contribution is 0.00154. The van der Waals surface area contributed by atoms with Gasteiger partial charge in [0, 0.05) is 25.8 Å². The van der Waals surface area contributed by atoms with Crippen LogP contribution in [0.3, 0.4) is 0 Å². The number of amides is 1. The summed E-state index contributed by atoms with van der Waals surface area (Å²) in [4.78, 5) is 17.9. The predicted molar refractivity (Wildman–Crippen MR) is 80.5 cm³/mol. The molecule has 1 amide bonds. The maximum absolute atomic E-state index is 13.7. The smallest absolute Gasteiger partial charge is 0.257 e. The molecule has 6 heteroatoms. The SMILES string of the molecule is O=C(c1ccncc1F)N1CC[C@]2(C[C@H](OCC3CC3)CO2)C1. The van der Waals surface area contributed by atoms with Gasteiger partial charge < -0.3 is 14.4 Å². The van der Waals surface area contributed by atoms with Gasteiger partial charge in [0.2, 0.25) is 0 Å². The van der Waals surface area contributed by atoms with Crippen LogP contribution in [0.5, 0.6) is 0 Å². The monoisotopic (exact) mass is 320 g/mol. The van der Waals surface area contributed by atoms with Gasteiger partial charge in [0.15, 0.2) is 5.82 Å². The van der Waals surface area contributed by atoms with Gasteiger partial charge in [-0.3, -0.25) is 9.78 Å². The zero-order chi connectivity index (χ0) is 15.9. The van der Waals surface area contributed by atoms with Crippen LogP contribution in [0.25, 0.3) is 0 Å². The van der Waals surface area contributed by atoms with E-state index in [2.05, 4.69) is 4.98 Å². The first-order valence-corrected chi connectivity index (χ1v) is 8.30. The second-order valence-corrected chi connectivity index (χ2v) is 6.93. The molecule has 23 heavy (non-hydrogen) atoms. The number of carbonyl (C=O) groups is 1. The van der Waals surface area contributed by atoms with Gasteiger partial charge in [0.25, 0.3) is 5.91 Å². The third-order valence-electron chi connectivity index (χ3n) is 5.05. The molecule has 1 aliphatic carbocycles. The van der Waals surface area contributed by atoms with Crippen molar-refractivity contribution in [3.8, 4) is 0 Å². The molecule has 3 fully saturated rings. The molecular formula is C17H21FN2O3. The summed E-state index contributed by atoms with van der Waals surface area (Å²) in [6, 6.07) is 1.43. The number of rotatable bonds is 4. The Morgan fingerprint density at radius 3 is 3.17 bits per heavy atom. The fraction of sp³-hybridized carbons (Fsp3) is 0.647. The van der Waals surface area contributed by atoms with Crippen molar-refractivity contribution < 1.29 is 18.7 Å². The van der Waals surface area contributed by atoms with Crippen molar-refractivity contribution in [2.75, 3.05) is 26.3 Å². The van der Waals surface area contributed by atoms with Crippen molar-refractivity contribution in [1.29, 1.82) is 0 Å². The first-order chi connectivity index (χ1) is 11.2. The molecule has 0 bridgehead atoms. The van der Waals surface area contributed by atoms with Crippen LogP contribution in [0, 0.1) is 11.7 Å². The quantitative estimate of drug-likeness (QED) is 0.852. The van der Waals surface area contributed by atoms with Crippen LogP contribution in [0.1, 0.15) is 36.0 Å². The number of likely N-dealkylation sites (tertiary alicyclic amines) is 1. The third-order valence-corrected chi connectivity index (χ3v) is 5.05. The lowest BCUT2D eigenvalue weighted by Crippen LogP contribution is -2.36. The van der Waals surface area contributed by atoms with E-state index in [0.29, 0.717) is 19.7 Å². The molecule has 2 aliphatic heterocycles. The molecule has 1 spiro atoms. The number of hydrogen-bond donors (Lipinski definition) is 0. The first-order valence-electron chi connectivity index (χ1n) is 8.30. The summed E-state index contributed by atoms with van der Waals surface area (Å²) in [5, 5.41) is 0. The van der Waals surface area contributed by atoms with Crippen LogP contribution in [0.4, 0.5) is 4.39 Å². The predicted octanol–water partition coefficient (Wildman–Crippen LogP) is 2.02. The van der Waals surface area contributed by atoms with Gasteiger partial charge in [0.1, 0.15) is 0 Å². The topological polar surface area (TPSA) is 51.7 Å². The Balaban J connectivity index is 1.37. The summed E-state index contributed by atoms with van der Waals surface area (Å²) < 4.78 is 25.6. The molecule has 3 aliphatic rings. The molecule has 5 nitrogen and oxygen atoms in total. The Hall–Kier alpha value is -1.53. The molecule has 1 aromatic rings. The van der Waals surface area contributed by atoms with Crippen LogP contribution >= 0.6 is 0 Å². The summed E-state index contributed by atoms with van der Waals surface area (Å²) in [7, 11) is 0. The fourth-order valence-corrected chi connectivity index (χ4v) is 3.49. The maximum atomic E-state index is 13.7. The van der Waals surface area contributed by atoms with Gasteiger partial charge >= 0.3 is 0 Å². The van der Waals surface area contributed by atoms with Crippen LogP contribution in [-0.4, -0.2) is 53.8 Å². The standard InChI is InChI=1S/C17H21FN2O3/c18-15-8-19-5-3-14(15)16(21)20-6-4-17(11-20)7-13(10-23-17)22-9-12-1-2-12/h3,5,8,12-13H,1-2,4,6-7,9-11H2/t13-,17-/m0/s1. The average molecular weight is 320 g/mol. The molecule has 0 aromatic carbocycles. The van der Waals surface area contributed by atoms with Crippen molar-refractivity contribution in [2.45, 2.75) is 37.4 Å². The van der Waals surface area contributed by atoms with Gasteiger partial charge in [-0.1, -0.05) is 0 Å². The number of hydrogen-bond acceptors (Lipinski definition) is 4. The van der Waals surface area contributed by atoms with Crippen LogP contribution in [-0.2, 0) is 9.47 Å². The van der Waals surface area contributed by atoms with E-state index in [4.69, 9.17) is 9.47 Å². The molecule has 4 rings (SSSR count). The Morgan fingerprint density at radius 2 is 2.39 bits per heavy atom. The number of ether oxygens (including phenoxy) is 2. The minimum atomic E-state index is -0.573. The molecule has 0 N–H and O–H groups in total. The Kier molecular flexibility index (Phi) is 3.81. The van der Waals surface area contributed by atoms with E-state index < -0.39 is 5.82 Å². The van der Waals surface area contributed by atoms with E-state index in [9.17, 15) is 9.18 Å². The molecule has 1 saturated carbocycles. The lowest BCUT2D eigenvalue weighted by Gasteiger charge is -2.23. The summed E-state index contributed by atoms with van der Waals surface area (Å²) >= 11 is 0. The highest BCUT2D eigenvalue weighted by atomic mass is 19.1. The average Bonchev–Trinajstić information content (AvgIpc) is 3.17. The van der Waals surface area contributed by atoms with E-state index in [1.807, 2.05) is 0 Å². The number of aromatic nitrogens is 1. The highest BCUT2D eigenvalue weighted by molar-refractivity contribution is 5.94. The Morgan fingerprint density at radius 1 is 1.52 bits per heavy atom. The van der Waals surface area contributed by atoms with Gasteiger partial charge in [-0.05, 0) is 31.2 Å².